The van der Waals surface area contributed by atoms with E-state index in [2.05, 4.69) is 20.3 Å². The molecule has 1 N–H and O–H groups in total. The van der Waals surface area contributed by atoms with Crippen LogP contribution in [0.3, 0.4) is 0 Å². The Morgan fingerprint density at radius 3 is 2.39 bits per heavy atom. The van der Waals surface area contributed by atoms with Crippen LogP contribution in [0.25, 0.3) is 16.9 Å². The van der Waals surface area contributed by atoms with Crippen molar-refractivity contribution in [1.29, 1.82) is 0 Å². The van der Waals surface area contributed by atoms with Gasteiger partial charge in [0, 0.05) is 18.7 Å². The number of pyridine rings is 1. The van der Waals surface area contributed by atoms with Crippen molar-refractivity contribution in [1.82, 2.24) is 25.0 Å². The monoisotopic (exact) mass is 517 g/mol. The Bertz CT molecular complexity index is 1240. The lowest BCUT2D eigenvalue weighted by Crippen LogP contribution is -2.54. The van der Waals surface area contributed by atoms with Gasteiger partial charge in [-0.3, -0.25) is 5.10 Å². The van der Waals surface area contributed by atoms with Crippen LogP contribution in [0, 0.1) is 0 Å². The molecule has 9 nitrogen and oxygen atoms in total. The first-order valence-corrected chi connectivity index (χ1v) is 11.4. The number of H-pyrrole nitrogens is 1. The molecule has 0 aromatic carbocycles. The van der Waals surface area contributed by atoms with Crippen LogP contribution in [-0.2, 0) is 15.7 Å². The van der Waals surface area contributed by atoms with E-state index in [4.69, 9.17) is 9.47 Å². The lowest BCUT2D eigenvalue weighted by atomic mass is 10.1. The summed E-state index contributed by atoms with van der Waals surface area (Å²) < 4.78 is 96.3. The summed E-state index contributed by atoms with van der Waals surface area (Å²) in [6, 6.07) is 0.469. The standard InChI is InChI=1S/C21H21F6N7O2/c22-20(23,24)14-10-35-6-5-32(14)13-7-16(33-11-1-2-12(33)9-36-8-11)29-19-17(13)18(21(25,26)27)31-34(19)15-3-4-28-30-15/h3-4,7,11-12,14H,1-2,5-6,8-10H2,(H,28,30). The van der Waals surface area contributed by atoms with Crippen molar-refractivity contribution in [3.63, 3.8) is 0 Å². The fourth-order valence-electron chi connectivity index (χ4n) is 5.34. The molecule has 3 saturated heterocycles. The van der Waals surface area contributed by atoms with E-state index in [9.17, 15) is 26.3 Å². The molecule has 15 heteroatoms. The maximum absolute atomic E-state index is 14.2. The van der Waals surface area contributed by atoms with Gasteiger partial charge in [0.15, 0.2) is 17.2 Å². The van der Waals surface area contributed by atoms with Gasteiger partial charge in [0.25, 0.3) is 0 Å². The molecule has 36 heavy (non-hydrogen) atoms. The van der Waals surface area contributed by atoms with Crippen molar-refractivity contribution in [3.05, 3.63) is 24.0 Å². The zero-order valence-electron chi connectivity index (χ0n) is 18.7. The number of ether oxygens (including phenoxy) is 2. The van der Waals surface area contributed by atoms with E-state index in [-0.39, 0.29) is 48.2 Å². The number of nitrogens with one attached hydrogen (secondary N) is 1. The van der Waals surface area contributed by atoms with Gasteiger partial charge >= 0.3 is 12.4 Å². The second kappa shape index (κ2) is 8.23. The number of aromatic amines is 1. The van der Waals surface area contributed by atoms with E-state index in [1.165, 1.54) is 18.3 Å². The summed E-state index contributed by atoms with van der Waals surface area (Å²) in [6.07, 6.45) is -6.76. The lowest BCUT2D eigenvalue weighted by molar-refractivity contribution is -0.167. The molecule has 3 unspecified atom stereocenters. The van der Waals surface area contributed by atoms with Crippen LogP contribution in [0.2, 0.25) is 0 Å². The van der Waals surface area contributed by atoms with Gasteiger partial charge in [-0.2, -0.15) is 41.2 Å². The number of morpholine rings is 2. The first-order valence-electron chi connectivity index (χ1n) is 11.4. The largest absolute Gasteiger partial charge is 0.435 e. The molecule has 2 bridgehead atoms. The van der Waals surface area contributed by atoms with Crippen LogP contribution in [0.1, 0.15) is 18.5 Å². The first-order chi connectivity index (χ1) is 17.1. The third-order valence-electron chi connectivity index (χ3n) is 6.91. The molecular weight excluding hydrogens is 496 g/mol. The van der Waals surface area contributed by atoms with E-state index in [0.717, 1.165) is 22.4 Å². The van der Waals surface area contributed by atoms with E-state index < -0.39 is 36.1 Å². The van der Waals surface area contributed by atoms with Gasteiger partial charge in [0.1, 0.15) is 11.9 Å². The molecule has 3 aliphatic heterocycles. The summed E-state index contributed by atoms with van der Waals surface area (Å²) in [6.45, 7) is -0.193. The van der Waals surface area contributed by atoms with Crippen molar-refractivity contribution >= 4 is 22.5 Å². The molecule has 3 atom stereocenters. The van der Waals surface area contributed by atoms with Gasteiger partial charge < -0.3 is 19.3 Å². The zero-order valence-corrected chi connectivity index (χ0v) is 18.7. The molecule has 3 aromatic rings. The summed E-state index contributed by atoms with van der Waals surface area (Å²) in [4.78, 5) is 7.45. The summed E-state index contributed by atoms with van der Waals surface area (Å²) in [5.41, 5.74) is -1.76. The Labute approximate surface area is 199 Å². The molecule has 194 valence electrons. The number of alkyl halides is 6. The number of halogens is 6. The van der Waals surface area contributed by atoms with Gasteiger partial charge in [0.05, 0.1) is 55.8 Å². The Kier molecular flexibility index (Phi) is 5.33. The molecule has 0 amide bonds. The number of hydrogen-bond acceptors (Lipinski definition) is 7. The van der Waals surface area contributed by atoms with Crippen molar-refractivity contribution in [2.45, 2.75) is 43.3 Å². The molecule has 3 fully saturated rings. The van der Waals surface area contributed by atoms with Gasteiger partial charge in [0.2, 0.25) is 0 Å². The minimum absolute atomic E-state index is 0.0649. The molecule has 0 radical (unpaired) electrons. The zero-order chi connectivity index (χ0) is 25.2. The Hall–Kier alpha value is -3.07. The average molecular weight is 517 g/mol. The smallest absolute Gasteiger partial charge is 0.377 e. The van der Waals surface area contributed by atoms with Crippen molar-refractivity contribution in [2.24, 2.45) is 0 Å². The van der Waals surface area contributed by atoms with Gasteiger partial charge in [-0.05, 0) is 12.8 Å². The number of aromatic nitrogens is 5. The van der Waals surface area contributed by atoms with Crippen LogP contribution >= 0.6 is 0 Å². The lowest BCUT2D eigenvalue weighted by Gasteiger charge is -2.40. The molecule has 0 saturated carbocycles. The number of rotatable bonds is 3. The summed E-state index contributed by atoms with van der Waals surface area (Å²) in [7, 11) is 0. The summed E-state index contributed by atoms with van der Waals surface area (Å²) in [5, 5.41) is 9.61. The van der Waals surface area contributed by atoms with E-state index in [1.54, 1.807) is 0 Å². The summed E-state index contributed by atoms with van der Waals surface area (Å²) >= 11 is 0. The predicted molar refractivity (Wildman–Crippen MR) is 114 cm³/mol. The fourth-order valence-corrected chi connectivity index (χ4v) is 5.34. The van der Waals surface area contributed by atoms with Crippen LogP contribution in [0.5, 0.6) is 0 Å². The van der Waals surface area contributed by atoms with Crippen molar-refractivity contribution < 1.29 is 35.8 Å². The molecule has 6 heterocycles. The second-order valence-corrected chi connectivity index (χ2v) is 9.05. The number of fused-ring (bicyclic) bond motifs is 3. The van der Waals surface area contributed by atoms with Crippen LogP contribution in [-0.4, -0.2) is 82.2 Å². The van der Waals surface area contributed by atoms with Gasteiger partial charge in [-0.1, -0.05) is 0 Å². The highest BCUT2D eigenvalue weighted by Gasteiger charge is 2.48. The van der Waals surface area contributed by atoms with Crippen LogP contribution in [0.4, 0.5) is 37.8 Å². The first kappa shape index (κ1) is 23.3. The topological polar surface area (TPSA) is 84.3 Å². The van der Waals surface area contributed by atoms with Crippen molar-refractivity contribution in [3.8, 4) is 5.82 Å². The SMILES string of the molecule is FC(F)(F)c1nn(-c2ccn[nH]2)c2nc(N3C4CCC3COC4)cc(N3CCOCC3C(F)(F)F)c12. The van der Waals surface area contributed by atoms with Crippen LogP contribution < -0.4 is 9.80 Å². The maximum Gasteiger partial charge on any atom is 0.435 e. The normalized spacial score (nSPS) is 25.2. The molecule has 6 rings (SSSR count). The molecular formula is C21H21F6N7O2. The van der Waals surface area contributed by atoms with E-state index in [1.807, 2.05) is 4.90 Å². The highest BCUT2D eigenvalue weighted by Crippen LogP contribution is 2.44. The number of hydrogen-bond donors (Lipinski definition) is 1. The molecule has 3 aromatic heterocycles. The quantitative estimate of drug-likeness (QED) is 0.534. The highest BCUT2D eigenvalue weighted by molar-refractivity contribution is 5.95. The molecule has 0 spiro atoms. The predicted octanol–water partition coefficient (Wildman–Crippen LogP) is 3.30. The fraction of sp³-hybridized carbons (Fsp3) is 0.571. The van der Waals surface area contributed by atoms with Gasteiger partial charge in [-0.15, -0.1) is 0 Å². The van der Waals surface area contributed by atoms with Crippen molar-refractivity contribution in [2.75, 3.05) is 42.8 Å². The minimum Gasteiger partial charge on any atom is -0.377 e. The third-order valence-corrected chi connectivity index (χ3v) is 6.91. The van der Waals surface area contributed by atoms with Gasteiger partial charge in [-0.25, -0.2) is 4.98 Å². The summed E-state index contributed by atoms with van der Waals surface area (Å²) in [5.74, 6) is 0.389. The molecule has 3 aliphatic rings. The number of nitrogens with zero attached hydrogens (tertiary/aromatic N) is 6. The van der Waals surface area contributed by atoms with E-state index in [0.29, 0.717) is 13.2 Å². The molecule has 0 aliphatic carbocycles. The Morgan fingerprint density at radius 1 is 1.00 bits per heavy atom. The highest BCUT2D eigenvalue weighted by atomic mass is 19.4. The number of anilines is 2. The van der Waals surface area contributed by atoms with Crippen LogP contribution in [0.15, 0.2) is 18.3 Å². The van der Waals surface area contributed by atoms with E-state index >= 15 is 0 Å². The minimum atomic E-state index is -4.94. The maximum atomic E-state index is 14.2. The second-order valence-electron chi connectivity index (χ2n) is 9.05. The Morgan fingerprint density at radius 2 is 1.75 bits per heavy atom. The Balaban J connectivity index is 1.64. The average Bonchev–Trinajstić information content (AvgIpc) is 3.54. The third kappa shape index (κ3) is 3.75.